The number of carbonyl (C=O) groups excluding carboxylic acids is 1. The number of nitrogens with zero attached hydrogens (tertiary/aromatic N) is 4. The van der Waals surface area contributed by atoms with E-state index in [-0.39, 0.29) is 23.4 Å². The van der Waals surface area contributed by atoms with Gasteiger partial charge in [0.15, 0.2) is 0 Å². The van der Waals surface area contributed by atoms with Gasteiger partial charge in [-0.15, -0.1) is 11.3 Å². The molecule has 9 nitrogen and oxygen atoms in total. The van der Waals surface area contributed by atoms with Gasteiger partial charge in [0.25, 0.3) is 0 Å². The smallest absolute Gasteiger partial charge is 0.345 e. The zero-order valence-electron chi connectivity index (χ0n) is 27.1. The average Bonchev–Trinajstić information content (AvgIpc) is 3.66. The standard InChI is InChI=1S/C38H36N4O5S/c1-40(2)21-29-22-41(16-17-47-29)34(43)23-42-32-20-33(38(44)45)48-37(32)35(24-8-5-4-6-9-24)36(42)27-13-15-31-26(18-27)12-14-30(39-31)25-10-7-11-28(19-25)46-3/h4-15,18-20,29H,16-17,21-23H2,1-3H3,(H,44,45). The van der Waals surface area contributed by atoms with E-state index >= 15 is 0 Å². The molecule has 1 aliphatic rings. The van der Waals surface area contributed by atoms with Crippen LogP contribution in [0.3, 0.4) is 0 Å². The van der Waals surface area contributed by atoms with Gasteiger partial charge in [-0.3, -0.25) is 4.79 Å². The van der Waals surface area contributed by atoms with Crippen molar-refractivity contribution in [1.29, 1.82) is 0 Å². The molecule has 1 aliphatic heterocycles. The van der Waals surface area contributed by atoms with Crippen molar-refractivity contribution in [2.45, 2.75) is 12.6 Å². The maximum Gasteiger partial charge on any atom is 0.345 e. The first-order chi connectivity index (χ1) is 23.3. The Morgan fingerprint density at radius 2 is 1.79 bits per heavy atom. The fourth-order valence-corrected chi connectivity index (χ4v) is 7.55. The molecule has 0 bridgehead atoms. The number of aromatic carboxylic acids is 1. The van der Waals surface area contributed by atoms with E-state index in [0.717, 1.165) is 67.1 Å². The zero-order valence-corrected chi connectivity index (χ0v) is 27.9. The number of carboxylic acid groups (broad SMARTS) is 1. The minimum absolute atomic E-state index is 0.0340. The van der Waals surface area contributed by atoms with Gasteiger partial charge in [0.1, 0.15) is 17.2 Å². The fraction of sp³-hybridized carbons (Fsp3) is 0.237. The number of hydrogen-bond donors (Lipinski definition) is 1. The first-order valence-corrected chi connectivity index (χ1v) is 16.6. The molecular weight excluding hydrogens is 625 g/mol. The number of ether oxygens (including phenoxy) is 2. The van der Waals surface area contributed by atoms with Crippen molar-refractivity contribution >= 4 is 44.3 Å². The number of hydrogen-bond acceptors (Lipinski definition) is 7. The number of amides is 1. The van der Waals surface area contributed by atoms with Gasteiger partial charge in [0.2, 0.25) is 5.91 Å². The fourth-order valence-electron chi connectivity index (χ4n) is 6.48. The van der Waals surface area contributed by atoms with Crippen molar-refractivity contribution in [2.75, 3.05) is 47.4 Å². The molecule has 3 aromatic carbocycles. The Labute approximate surface area is 282 Å². The van der Waals surface area contributed by atoms with Crippen LogP contribution >= 0.6 is 11.3 Å². The van der Waals surface area contributed by atoms with Gasteiger partial charge in [0.05, 0.1) is 46.9 Å². The number of methoxy groups -OCH3 is 1. The molecule has 244 valence electrons. The Kier molecular flexibility index (Phi) is 8.70. The van der Waals surface area contributed by atoms with Crippen LogP contribution in [0.5, 0.6) is 5.75 Å². The number of carbonyl (C=O) groups is 2. The van der Waals surface area contributed by atoms with Crippen LogP contribution in [0.2, 0.25) is 0 Å². The van der Waals surface area contributed by atoms with Crippen molar-refractivity contribution in [1.82, 2.24) is 19.4 Å². The van der Waals surface area contributed by atoms with Gasteiger partial charge in [0, 0.05) is 36.1 Å². The summed E-state index contributed by atoms with van der Waals surface area (Å²) in [6, 6.07) is 29.7. The largest absolute Gasteiger partial charge is 0.497 e. The Bertz CT molecular complexity index is 2140. The number of thiophene rings is 1. The Hall–Kier alpha value is -5.03. The molecule has 4 heterocycles. The summed E-state index contributed by atoms with van der Waals surface area (Å²) in [7, 11) is 5.64. The van der Waals surface area contributed by atoms with E-state index in [4.69, 9.17) is 14.5 Å². The molecular formula is C38H36N4O5S. The first kappa shape index (κ1) is 31.6. The molecule has 3 aromatic heterocycles. The number of aromatic nitrogens is 2. The lowest BCUT2D eigenvalue weighted by Gasteiger charge is -2.34. The van der Waals surface area contributed by atoms with Crippen molar-refractivity contribution in [3.8, 4) is 39.4 Å². The van der Waals surface area contributed by atoms with E-state index in [1.165, 1.54) is 11.3 Å². The van der Waals surface area contributed by atoms with Crippen molar-refractivity contribution in [3.63, 3.8) is 0 Å². The van der Waals surface area contributed by atoms with Crippen molar-refractivity contribution in [3.05, 3.63) is 95.9 Å². The molecule has 6 aromatic rings. The van der Waals surface area contributed by atoms with Crippen LogP contribution in [0.1, 0.15) is 9.67 Å². The van der Waals surface area contributed by atoms with Gasteiger partial charge in [-0.25, -0.2) is 9.78 Å². The lowest BCUT2D eigenvalue weighted by atomic mass is 9.99. The molecule has 0 spiro atoms. The average molecular weight is 661 g/mol. The van der Waals surface area contributed by atoms with E-state index in [2.05, 4.69) is 17.0 Å². The van der Waals surface area contributed by atoms with Crippen LogP contribution in [0.25, 0.3) is 54.8 Å². The maximum atomic E-state index is 14.0. The predicted molar refractivity (Wildman–Crippen MR) is 190 cm³/mol. The van der Waals surface area contributed by atoms with Gasteiger partial charge in [-0.05, 0) is 61.6 Å². The highest BCUT2D eigenvalue weighted by atomic mass is 32.1. The second-order valence-corrected chi connectivity index (χ2v) is 13.3. The third kappa shape index (κ3) is 6.17. The predicted octanol–water partition coefficient (Wildman–Crippen LogP) is 6.75. The highest BCUT2D eigenvalue weighted by Crippen LogP contribution is 2.45. The van der Waals surface area contributed by atoms with E-state index < -0.39 is 5.97 Å². The van der Waals surface area contributed by atoms with Gasteiger partial charge in [-0.2, -0.15) is 0 Å². The summed E-state index contributed by atoms with van der Waals surface area (Å²) in [4.78, 5) is 35.3. The molecule has 10 heteroatoms. The normalized spacial score (nSPS) is 15.0. The summed E-state index contributed by atoms with van der Waals surface area (Å²) in [6.07, 6.45) is -0.0728. The van der Waals surface area contributed by atoms with Gasteiger partial charge < -0.3 is 28.9 Å². The van der Waals surface area contributed by atoms with Crippen molar-refractivity contribution < 1.29 is 24.2 Å². The van der Waals surface area contributed by atoms with E-state index in [0.29, 0.717) is 19.7 Å². The van der Waals surface area contributed by atoms with Crippen LogP contribution in [-0.2, 0) is 16.1 Å². The molecule has 0 radical (unpaired) electrons. The monoisotopic (exact) mass is 660 g/mol. The molecule has 0 saturated carbocycles. The lowest BCUT2D eigenvalue weighted by Crippen LogP contribution is -2.49. The summed E-state index contributed by atoms with van der Waals surface area (Å²) in [5.74, 6) is -0.254. The zero-order chi connectivity index (χ0) is 33.4. The van der Waals surface area contributed by atoms with Gasteiger partial charge in [-0.1, -0.05) is 54.6 Å². The molecule has 1 unspecified atom stereocenters. The minimum Gasteiger partial charge on any atom is -0.497 e. The molecule has 1 amide bonds. The van der Waals surface area contributed by atoms with Crippen LogP contribution in [0.15, 0.2) is 91.0 Å². The number of likely N-dealkylation sites (N-methyl/N-ethyl adjacent to an activating group) is 1. The summed E-state index contributed by atoms with van der Waals surface area (Å²) < 4.78 is 14.2. The Balaban J connectivity index is 1.36. The van der Waals surface area contributed by atoms with Crippen LogP contribution in [-0.4, -0.2) is 89.9 Å². The SMILES string of the molecule is COc1cccc(-c2ccc3cc(-c4c(-c5ccccc5)c5sc(C(=O)O)cc5n4CC(=O)N4CCOC(CN(C)C)C4)ccc3n2)c1. The van der Waals surface area contributed by atoms with Crippen LogP contribution in [0, 0.1) is 0 Å². The first-order valence-electron chi connectivity index (χ1n) is 15.8. The van der Waals surface area contributed by atoms with Crippen molar-refractivity contribution in [2.24, 2.45) is 0 Å². The Morgan fingerprint density at radius 3 is 2.56 bits per heavy atom. The molecule has 1 saturated heterocycles. The third-order valence-electron chi connectivity index (χ3n) is 8.69. The second kappa shape index (κ2) is 13.2. The lowest BCUT2D eigenvalue weighted by molar-refractivity contribution is -0.139. The minimum atomic E-state index is -0.988. The molecule has 7 rings (SSSR count). The summed E-state index contributed by atoms with van der Waals surface area (Å²) in [5, 5.41) is 10.9. The summed E-state index contributed by atoms with van der Waals surface area (Å²) in [6.45, 7) is 2.27. The topological polar surface area (TPSA) is 97.1 Å². The molecule has 0 aliphatic carbocycles. The van der Waals surface area contributed by atoms with Crippen LogP contribution < -0.4 is 4.74 Å². The van der Waals surface area contributed by atoms with Crippen LogP contribution in [0.4, 0.5) is 0 Å². The molecule has 48 heavy (non-hydrogen) atoms. The Morgan fingerprint density at radius 1 is 0.979 bits per heavy atom. The molecule has 1 atom stereocenters. The summed E-state index contributed by atoms with van der Waals surface area (Å²) >= 11 is 1.24. The third-order valence-corrected chi connectivity index (χ3v) is 9.82. The second-order valence-electron chi connectivity index (χ2n) is 12.2. The number of benzene rings is 3. The van der Waals surface area contributed by atoms with E-state index in [9.17, 15) is 14.7 Å². The number of fused-ring (bicyclic) bond motifs is 2. The number of morpholine rings is 1. The summed E-state index contributed by atoms with van der Waals surface area (Å²) in [5.41, 5.74) is 7.00. The molecule has 1 N–H and O–H groups in total. The van der Waals surface area contributed by atoms with E-state index in [1.807, 2.05) is 96.4 Å². The quantitative estimate of drug-likeness (QED) is 0.183. The maximum absolute atomic E-state index is 14.0. The van der Waals surface area contributed by atoms with Gasteiger partial charge >= 0.3 is 5.97 Å². The highest BCUT2D eigenvalue weighted by molar-refractivity contribution is 7.21. The van der Waals surface area contributed by atoms with E-state index in [1.54, 1.807) is 13.2 Å². The molecule has 1 fully saturated rings. The number of rotatable bonds is 9. The number of pyridine rings is 1. The highest BCUT2D eigenvalue weighted by Gasteiger charge is 2.29. The number of carboxylic acids is 1.